The number of hydrogen-bond donors (Lipinski definition) is 1. The summed E-state index contributed by atoms with van der Waals surface area (Å²) in [5.74, 6) is 1.73. The lowest BCUT2D eigenvalue weighted by Crippen LogP contribution is -2.15. The summed E-state index contributed by atoms with van der Waals surface area (Å²) in [6.07, 6.45) is 0.849. The Morgan fingerprint density at radius 3 is 2.69 bits per heavy atom. The standard InChI is InChI=1S/C8H10BrNO2S/c9-8-7-6(11-3-4-12-7)5(13-8)1-2-10/h1-4,10H2. The molecule has 0 bridgehead atoms. The van der Waals surface area contributed by atoms with Crippen molar-refractivity contribution in [3.8, 4) is 11.5 Å². The normalized spacial score (nSPS) is 14.6. The van der Waals surface area contributed by atoms with E-state index in [9.17, 15) is 0 Å². The van der Waals surface area contributed by atoms with Crippen molar-refractivity contribution in [1.29, 1.82) is 0 Å². The summed E-state index contributed by atoms with van der Waals surface area (Å²) < 4.78 is 12.0. The average Bonchev–Trinajstić information content (AvgIpc) is 2.46. The first-order valence-electron chi connectivity index (χ1n) is 4.09. The number of hydrogen-bond acceptors (Lipinski definition) is 4. The minimum Gasteiger partial charge on any atom is -0.485 e. The van der Waals surface area contributed by atoms with E-state index in [1.165, 1.54) is 4.88 Å². The molecule has 2 rings (SSSR count). The van der Waals surface area contributed by atoms with E-state index >= 15 is 0 Å². The SMILES string of the molecule is NCCc1sc(Br)c2c1OCCO2. The first-order valence-corrected chi connectivity index (χ1v) is 5.70. The summed E-state index contributed by atoms with van der Waals surface area (Å²) in [6, 6.07) is 0. The van der Waals surface area contributed by atoms with Crippen LogP contribution in [-0.4, -0.2) is 19.8 Å². The molecule has 0 unspecified atom stereocenters. The predicted molar refractivity (Wildman–Crippen MR) is 55.8 cm³/mol. The van der Waals surface area contributed by atoms with Crippen molar-refractivity contribution < 1.29 is 9.47 Å². The van der Waals surface area contributed by atoms with Gasteiger partial charge in [-0.3, -0.25) is 0 Å². The summed E-state index contributed by atoms with van der Waals surface area (Å²) in [5.41, 5.74) is 5.50. The van der Waals surface area contributed by atoms with E-state index < -0.39 is 0 Å². The first-order chi connectivity index (χ1) is 6.33. The van der Waals surface area contributed by atoms with Crippen molar-refractivity contribution in [3.05, 3.63) is 8.66 Å². The van der Waals surface area contributed by atoms with E-state index in [2.05, 4.69) is 15.9 Å². The second kappa shape index (κ2) is 3.86. The summed E-state index contributed by atoms with van der Waals surface area (Å²) in [6.45, 7) is 1.90. The molecule has 0 aromatic carbocycles. The van der Waals surface area contributed by atoms with Gasteiger partial charge in [-0.15, -0.1) is 11.3 Å². The fraction of sp³-hybridized carbons (Fsp3) is 0.500. The molecule has 0 fully saturated rings. The quantitative estimate of drug-likeness (QED) is 0.885. The molecule has 0 spiro atoms. The Bertz CT molecular complexity index is 313. The topological polar surface area (TPSA) is 44.5 Å². The summed E-state index contributed by atoms with van der Waals surface area (Å²) in [5, 5.41) is 0. The van der Waals surface area contributed by atoms with Gasteiger partial charge >= 0.3 is 0 Å². The molecule has 2 heterocycles. The first kappa shape index (κ1) is 9.30. The molecule has 3 nitrogen and oxygen atoms in total. The molecule has 0 saturated carbocycles. The lowest BCUT2D eigenvalue weighted by atomic mass is 10.3. The number of ether oxygens (including phenoxy) is 2. The Labute approximate surface area is 89.0 Å². The van der Waals surface area contributed by atoms with Crippen molar-refractivity contribution in [2.45, 2.75) is 6.42 Å². The molecular weight excluding hydrogens is 254 g/mol. The third-order valence-electron chi connectivity index (χ3n) is 1.80. The molecule has 0 radical (unpaired) electrons. The lowest BCUT2D eigenvalue weighted by Gasteiger charge is -2.16. The van der Waals surface area contributed by atoms with Gasteiger partial charge < -0.3 is 15.2 Å². The van der Waals surface area contributed by atoms with Crippen molar-refractivity contribution in [3.63, 3.8) is 0 Å². The monoisotopic (exact) mass is 263 g/mol. The molecule has 1 aromatic rings. The smallest absolute Gasteiger partial charge is 0.186 e. The van der Waals surface area contributed by atoms with Crippen LogP contribution in [0.4, 0.5) is 0 Å². The second-order valence-corrected chi connectivity index (χ2v) is 5.12. The van der Waals surface area contributed by atoms with Crippen LogP contribution < -0.4 is 15.2 Å². The van der Waals surface area contributed by atoms with Gasteiger partial charge in [0.25, 0.3) is 0 Å². The van der Waals surface area contributed by atoms with Crippen molar-refractivity contribution in [1.82, 2.24) is 0 Å². The Morgan fingerprint density at radius 2 is 2.00 bits per heavy atom. The van der Waals surface area contributed by atoms with Gasteiger partial charge in [-0.05, 0) is 28.9 Å². The molecule has 5 heteroatoms. The highest BCUT2D eigenvalue weighted by Crippen LogP contribution is 2.47. The molecule has 0 saturated heterocycles. The molecule has 13 heavy (non-hydrogen) atoms. The number of fused-ring (bicyclic) bond motifs is 1. The van der Waals surface area contributed by atoms with Gasteiger partial charge in [-0.2, -0.15) is 0 Å². The average molecular weight is 264 g/mol. The minimum absolute atomic E-state index is 0.629. The van der Waals surface area contributed by atoms with Crippen molar-refractivity contribution in [2.75, 3.05) is 19.8 Å². The maximum atomic E-state index is 5.53. The number of halogens is 1. The van der Waals surface area contributed by atoms with Gasteiger partial charge in [-0.25, -0.2) is 0 Å². The molecule has 1 aliphatic heterocycles. The van der Waals surface area contributed by atoms with E-state index in [4.69, 9.17) is 15.2 Å². The van der Waals surface area contributed by atoms with E-state index in [0.29, 0.717) is 19.8 Å². The summed E-state index contributed by atoms with van der Waals surface area (Å²) in [4.78, 5) is 1.17. The third-order valence-corrected chi connectivity index (χ3v) is 3.64. The van der Waals surface area contributed by atoms with Crippen LogP contribution in [0.15, 0.2) is 3.79 Å². The van der Waals surface area contributed by atoms with Gasteiger partial charge in [0, 0.05) is 0 Å². The number of thiophene rings is 1. The van der Waals surface area contributed by atoms with Crippen LogP contribution in [0.25, 0.3) is 0 Å². The van der Waals surface area contributed by atoms with Gasteiger partial charge in [-0.1, -0.05) is 0 Å². The molecule has 0 atom stereocenters. The highest BCUT2D eigenvalue weighted by atomic mass is 79.9. The van der Waals surface area contributed by atoms with Crippen LogP contribution in [0.1, 0.15) is 4.88 Å². The van der Waals surface area contributed by atoms with Crippen LogP contribution in [0.3, 0.4) is 0 Å². The fourth-order valence-electron chi connectivity index (χ4n) is 1.27. The third kappa shape index (κ3) is 1.68. The Kier molecular flexibility index (Phi) is 2.76. The molecular formula is C8H10BrNO2S. The maximum Gasteiger partial charge on any atom is 0.186 e. The van der Waals surface area contributed by atoms with Gasteiger partial charge in [0.1, 0.15) is 17.0 Å². The van der Waals surface area contributed by atoms with Gasteiger partial charge in [0.2, 0.25) is 0 Å². The Balaban J connectivity index is 2.36. The van der Waals surface area contributed by atoms with Crippen LogP contribution in [0.5, 0.6) is 11.5 Å². The van der Waals surface area contributed by atoms with Crippen LogP contribution >= 0.6 is 27.3 Å². The Morgan fingerprint density at radius 1 is 1.31 bits per heavy atom. The fourth-order valence-corrected chi connectivity index (χ4v) is 3.07. The van der Waals surface area contributed by atoms with E-state index in [-0.39, 0.29) is 0 Å². The number of rotatable bonds is 2. The molecule has 2 N–H and O–H groups in total. The highest BCUT2D eigenvalue weighted by Gasteiger charge is 2.22. The van der Waals surface area contributed by atoms with Gasteiger partial charge in [0.05, 0.1) is 4.88 Å². The van der Waals surface area contributed by atoms with E-state index in [1.807, 2.05) is 0 Å². The van der Waals surface area contributed by atoms with Crippen molar-refractivity contribution >= 4 is 27.3 Å². The highest BCUT2D eigenvalue weighted by molar-refractivity contribution is 9.11. The summed E-state index contributed by atoms with van der Waals surface area (Å²) >= 11 is 5.09. The lowest BCUT2D eigenvalue weighted by molar-refractivity contribution is 0.171. The molecule has 1 aliphatic rings. The van der Waals surface area contributed by atoms with Crippen LogP contribution in [0.2, 0.25) is 0 Å². The maximum absolute atomic E-state index is 5.53. The Hall–Kier alpha value is -0.260. The largest absolute Gasteiger partial charge is 0.485 e. The van der Waals surface area contributed by atoms with Crippen LogP contribution in [-0.2, 0) is 6.42 Å². The van der Waals surface area contributed by atoms with Crippen LogP contribution in [0, 0.1) is 0 Å². The zero-order valence-electron chi connectivity index (χ0n) is 7.01. The summed E-state index contributed by atoms with van der Waals surface area (Å²) in [7, 11) is 0. The van der Waals surface area contributed by atoms with E-state index in [1.54, 1.807) is 11.3 Å². The zero-order chi connectivity index (χ0) is 9.26. The zero-order valence-corrected chi connectivity index (χ0v) is 9.41. The second-order valence-electron chi connectivity index (χ2n) is 2.69. The van der Waals surface area contributed by atoms with Crippen molar-refractivity contribution in [2.24, 2.45) is 5.73 Å². The predicted octanol–water partition coefficient (Wildman–Crippen LogP) is 1.78. The molecule has 0 amide bonds. The minimum atomic E-state index is 0.629. The van der Waals surface area contributed by atoms with E-state index in [0.717, 1.165) is 21.7 Å². The molecule has 1 aromatic heterocycles. The van der Waals surface area contributed by atoms with Gasteiger partial charge in [0.15, 0.2) is 11.5 Å². The molecule has 0 aliphatic carbocycles. The molecule has 72 valence electrons. The number of nitrogens with two attached hydrogens (primary N) is 1.